The van der Waals surface area contributed by atoms with Crippen molar-refractivity contribution in [2.45, 2.75) is 284 Å². The lowest BCUT2D eigenvalue weighted by molar-refractivity contribution is -0.167. The van der Waals surface area contributed by atoms with E-state index in [0.717, 1.165) is 109 Å². The van der Waals surface area contributed by atoms with Gasteiger partial charge in [0.05, 0.1) is 0 Å². The molecule has 0 N–H and O–H groups in total. The third-order valence-electron chi connectivity index (χ3n) is 12.3. The van der Waals surface area contributed by atoms with Gasteiger partial charge in [0, 0.05) is 19.3 Å². The van der Waals surface area contributed by atoms with Crippen LogP contribution in [0, 0.1) is 0 Å². The molecule has 69 heavy (non-hydrogen) atoms. The standard InChI is InChI=1S/C63H108O6/c1-4-7-10-13-16-19-22-25-28-30-31-33-35-38-41-44-47-50-53-56-62(65)68-59-60(58-67-61(64)55-52-49-46-43-40-37-34-27-24-21-18-15-12-9-6-3)69-63(66)57-54-51-48-45-42-39-36-32-29-26-23-20-17-14-11-8-5-2/h16-17,19-20,25-29,31,33-34,36,39,60H,4-15,18,21-24,30,32,35,37-38,40-59H2,1-3H3/b19-16-,20-17-,28-25-,29-26-,33-31-,34-27-,39-36-/t60-/m1/s1. The van der Waals surface area contributed by atoms with Gasteiger partial charge in [-0.2, -0.15) is 0 Å². The van der Waals surface area contributed by atoms with Crippen LogP contribution in [0.5, 0.6) is 0 Å². The Morgan fingerprint density at radius 2 is 0.522 bits per heavy atom. The fourth-order valence-electron chi connectivity index (χ4n) is 7.92. The number of rotatable bonds is 52. The summed E-state index contributed by atoms with van der Waals surface area (Å²) >= 11 is 0. The second-order valence-electron chi connectivity index (χ2n) is 19.2. The molecule has 6 nitrogen and oxygen atoms in total. The zero-order chi connectivity index (χ0) is 50.0. The Balaban J connectivity index is 4.46. The minimum Gasteiger partial charge on any atom is -0.462 e. The van der Waals surface area contributed by atoms with Crippen molar-refractivity contribution in [3.05, 3.63) is 85.1 Å². The summed E-state index contributed by atoms with van der Waals surface area (Å²) in [6.45, 7) is 6.55. The molecule has 0 aromatic heterocycles. The Morgan fingerprint density at radius 3 is 0.855 bits per heavy atom. The van der Waals surface area contributed by atoms with Gasteiger partial charge < -0.3 is 14.2 Å². The summed E-state index contributed by atoms with van der Waals surface area (Å²) < 4.78 is 16.8. The Kier molecular flexibility index (Phi) is 54.3. The Bertz CT molecular complexity index is 1330. The van der Waals surface area contributed by atoms with Gasteiger partial charge in [-0.05, 0) is 122 Å². The highest BCUT2D eigenvalue weighted by Gasteiger charge is 2.19. The third-order valence-corrected chi connectivity index (χ3v) is 12.3. The van der Waals surface area contributed by atoms with Gasteiger partial charge in [-0.3, -0.25) is 14.4 Å². The molecule has 6 heteroatoms. The minimum atomic E-state index is -0.798. The average molecular weight is 962 g/mol. The van der Waals surface area contributed by atoms with Crippen LogP contribution in [0.25, 0.3) is 0 Å². The summed E-state index contributed by atoms with van der Waals surface area (Å²) in [7, 11) is 0. The van der Waals surface area contributed by atoms with E-state index in [4.69, 9.17) is 14.2 Å². The van der Waals surface area contributed by atoms with Crippen LogP contribution in [0.4, 0.5) is 0 Å². The number of ether oxygens (including phenoxy) is 3. The fourth-order valence-corrected chi connectivity index (χ4v) is 7.92. The lowest BCUT2D eigenvalue weighted by Crippen LogP contribution is -2.30. The molecule has 0 spiro atoms. The SMILES string of the molecule is CCCCC/C=C\C/C=C\C/C=C\CCCCCCCCC(=O)OC[C@@H](COC(=O)CCCCCCC/C=C\CCCCCCCC)OC(=O)CCCCCC/C=C\C/C=C\C/C=C\CCCCC. The van der Waals surface area contributed by atoms with Crippen molar-refractivity contribution in [1.82, 2.24) is 0 Å². The maximum Gasteiger partial charge on any atom is 0.306 e. The molecule has 0 aromatic carbocycles. The topological polar surface area (TPSA) is 78.9 Å². The van der Waals surface area contributed by atoms with Crippen LogP contribution in [0.2, 0.25) is 0 Å². The van der Waals surface area contributed by atoms with E-state index in [1.54, 1.807) is 0 Å². The van der Waals surface area contributed by atoms with Gasteiger partial charge in [-0.15, -0.1) is 0 Å². The maximum atomic E-state index is 12.9. The van der Waals surface area contributed by atoms with Gasteiger partial charge in [-0.25, -0.2) is 0 Å². The molecule has 0 aliphatic carbocycles. The predicted molar refractivity (Wildman–Crippen MR) is 297 cm³/mol. The van der Waals surface area contributed by atoms with Crippen molar-refractivity contribution in [3.8, 4) is 0 Å². The number of carbonyl (C=O) groups is 3. The lowest BCUT2D eigenvalue weighted by Gasteiger charge is -2.18. The zero-order valence-corrected chi connectivity index (χ0v) is 45.3. The maximum absolute atomic E-state index is 12.9. The van der Waals surface area contributed by atoms with Crippen LogP contribution in [0.3, 0.4) is 0 Å². The third kappa shape index (κ3) is 55.4. The normalized spacial score (nSPS) is 12.7. The first-order valence-corrected chi connectivity index (χ1v) is 29.1. The monoisotopic (exact) mass is 961 g/mol. The van der Waals surface area contributed by atoms with Crippen molar-refractivity contribution in [1.29, 1.82) is 0 Å². The fraction of sp³-hybridized carbons (Fsp3) is 0.730. The average Bonchev–Trinajstić information content (AvgIpc) is 3.35. The quantitative estimate of drug-likeness (QED) is 0.0262. The Labute approximate surface area is 426 Å². The van der Waals surface area contributed by atoms with Gasteiger partial charge in [-0.1, -0.05) is 221 Å². The van der Waals surface area contributed by atoms with Gasteiger partial charge in [0.2, 0.25) is 0 Å². The van der Waals surface area contributed by atoms with Crippen molar-refractivity contribution in [3.63, 3.8) is 0 Å². The highest BCUT2D eigenvalue weighted by molar-refractivity contribution is 5.71. The van der Waals surface area contributed by atoms with Gasteiger partial charge >= 0.3 is 17.9 Å². The summed E-state index contributed by atoms with van der Waals surface area (Å²) in [5.41, 5.74) is 0. The number of hydrogen-bond donors (Lipinski definition) is 0. The summed E-state index contributed by atoms with van der Waals surface area (Å²) in [6, 6.07) is 0. The molecule has 0 radical (unpaired) electrons. The molecule has 0 bridgehead atoms. The van der Waals surface area contributed by atoms with Crippen LogP contribution in [0.1, 0.15) is 278 Å². The van der Waals surface area contributed by atoms with E-state index in [2.05, 4.69) is 106 Å². The number of unbranched alkanes of at least 4 members (excludes halogenated alkanes) is 27. The molecule has 1 atom stereocenters. The Morgan fingerprint density at radius 1 is 0.290 bits per heavy atom. The first-order valence-electron chi connectivity index (χ1n) is 29.1. The molecule has 0 heterocycles. The highest BCUT2D eigenvalue weighted by Crippen LogP contribution is 2.14. The first kappa shape index (κ1) is 65.6. The van der Waals surface area contributed by atoms with E-state index < -0.39 is 6.10 Å². The van der Waals surface area contributed by atoms with E-state index >= 15 is 0 Å². The largest absolute Gasteiger partial charge is 0.462 e. The van der Waals surface area contributed by atoms with E-state index in [-0.39, 0.29) is 31.1 Å². The van der Waals surface area contributed by atoms with Gasteiger partial charge in [0.15, 0.2) is 6.10 Å². The van der Waals surface area contributed by atoms with Crippen LogP contribution in [-0.4, -0.2) is 37.2 Å². The van der Waals surface area contributed by atoms with Crippen LogP contribution >= 0.6 is 0 Å². The van der Waals surface area contributed by atoms with Crippen molar-refractivity contribution in [2.24, 2.45) is 0 Å². The summed E-state index contributed by atoms with van der Waals surface area (Å²) in [6.07, 6.45) is 74.2. The molecule has 0 aromatic rings. The molecule has 0 rings (SSSR count). The van der Waals surface area contributed by atoms with E-state index in [1.807, 2.05) is 0 Å². The smallest absolute Gasteiger partial charge is 0.306 e. The van der Waals surface area contributed by atoms with Gasteiger partial charge in [0.25, 0.3) is 0 Å². The number of allylic oxidation sites excluding steroid dienone is 14. The molecule has 0 unspecified atom stereocenters. The second-order valence-corrected chi connectivity index (χ2v) is 19.2. The van der Waals surface area contributed by atoms with Crippen molar-refractivity contribution >= 4 is 17.9 Å². The van der Waals surface area contributed by atoms with Crippen molar-refractivity contribution in [2.75, 3.05) is 13.2 Å². The molecular formula is C63H108O6. The summed E-state index contributed by atoms with van der Waals surface area (Å²) in [4.78, 5) is 38.2. The Hall–Kier alpha value is -3.41. The first-order chi connectivity index (χ1) is 34.0. The lowest BCUT2D eigenvalue weighted by atomic mass is 10.1. The second kappa shape index (κ2) is 57.2. The molecule has 0 amide bonds. The molecule has 0 fully saturated rings. The molecular weight excluding hydrogens is 853 g/mol. The number of hydrogen-bond acceptors (Lipinski definition) is 6. The van der Waals surface area contributed by atoms with E-state index in [1.165, 1.54) is 128 Å². The molecule has 0 saturated carbocycles. The van der Waals surface area contributed by atoms with Crippen LogP contribution in [-0.2, 0) is 28.6 Å². The molecule has 396 valence electrons. The zero-order valence-electron chi connectivity index (χ0n) is 45.3. The highest BCUT2D eigenvalue weighted by atomic mass is 16.6. The predicted octanol–water partition coefficient (Wildman–Crippen LogP) is 19.5. The molecule has 0 aliphatic heterocycles. The summed E-state index contributed by atoms with van der Waals surface area (Å²) in [5.74, 6) is -0.931. The van der Waals surface area contributed by atoms with Crippen LogP contribution in [0.15, 0.2) is 85.1 Å². The minimum absolute atomic E-state index is 0.0943. The van der Waals surface area contributed by atoms with Crippen molar-refractivity contribution < 1.29 is 28.6 Å². The number of carbonyl (C=O) groups excluding carboxylic acids is 3. The molecule has 0 saturated heterocycles. The van der Waals surface area contributed by atoms with Crippen LogP contribution < -0.4 is 0 Å². The van der Waals surface area contributed by atoms with E-state index in [0.29, 0.717) is 19.3 Å². The van der Waals surface area contributed by atoms with Gasteiger partial charge in [0.1, 0.15) is 13.2 Å². The summed E-state index contributed by atoms with van der Waals surface area (Å²) in [5, 5.41) is 0. The molecule has 0 aliphatic rings. The van der Waals surface area contributed by atoms with E-state index in [9.17, 15) is 14.4 Å². The number of esters is 3.